The number of carbonyl (C=O) groups is 1. The largest absolute Gasteiger partial charge is 0.321 e. The number of amides is 1. The van der Waals surface area contributed by atoms with Gasteiger partial charge in [-0.3, -0.25) is 14.9 Å². The molecule has 2 rings (SSSR count). The van der Waals surface area contributed by atoms with E-state index < -0.39 is 10.8 Å². The summed E-state index contributed by atoms with van der Waals surface area (Å²) in [6.07, 6.45) is 3.09. The van der Waals surface area contributed by atoms with Gasteiger partial charge in [0.05, 0.1) is 16.2 Å². The van der Waals surface area contributed by atoms with E-state index in [4.69, 9.17) is 11.6 Å². The standard InChI is InChI=1S/C12H8BrClN4O3S/c1-22-12-15-5-7(10(14)17-12)11(19)16-9-4-6(18(20)21)2-3-8(9)13/h2-5H,1H3,(H,16,19). The molecule has 1 aromatic carbocycles. The lowest BCUT2D eigenvalue weighted by molar-refractivity contribution is -0.384. The molecule has 0 spiro atoms. The van der Waals surface area contributed by atoms with Crippen LogP contribution in [-0.4, -0.2) is 27.1 Å². The maximum Gasteiger partial charge on any atom is 0.271 e. The van der Waals surface area contributed by atoms with Gasteiger partial charge in [0.15, 0.2) is 5.16 Å². The normalized spacial score (nSPS) is 10.3. The van der Waals surface area contributed by atoms with Crippen molar-refractivity contribution in [1.82, 2.24) is 9.97 Å². The molecule has 10 heteroatoms. The van der Waals surface area contributed by atoms with Gasteiger partial charge in [-0.05, 0) is 28.3 Å². The third kappa shape index (κ3) is 3.73. The van der Waals surface area contributed by atoms with Crippen LogP contribution in [0.3, 0.4) is 0 Å². The van der Waals surface area contributed by atoms with E-state index >= 15 is 0 Å². The lowest BCUT2D eigenvalue weighted by Crippen LogP contribution is -2.14. The monoisotopic (exact) mass is 402 g/mol. The maximum absolute atomic E-state index is 12.2. The number of halogens is 2. The molecule has 1 aromatic heterocycles. The molecule has 1 N–H and O–H groups in total. The summed E-state index contributed by atoms with van der Waals surface area (Å²) in [5.41, 5.74) is 0.195. The Morgan fingerprint density at radius 3 is 2.82 bits per heavy atom. The van der Waals surface area contributed by atoms with Gasteiger partial charge in [0.1, 0.15) is 5.15 Å². The maximum atomic E-state index is 12.2. The third-order valence-electron chi connectivity index (χ3n) is 2.56. The molecule has 0 atom stereocenters. The van der Waals surface area contributed by atoms with Crippen molar-refractivity contribution in [3.05, 3.63) is 49.7 Å². The fourth-order valence-corrected chi connectivity index (χ4v) is 2.46. The van der Waals surface area contributed by atoms with Gasteiger partial charge in [-0.1, -0.05) is 23.4 Å². The molecule has 0 fully saturated rings. The summed E-state index contributed by atoms with van der Waals surface area (Å²) in [6, 6.07) is 4.04. The Labute approximate surface area is 142 Å². The van der Waals surface area contributed by atoms with E-state index in [1.807, 2.05) is 0 Å². The number of aromatic nitrogens is 2. The van der Waals surface area contributed by atoms with Crippen molar-refractivity contribution in [3.63, 3.8) is 0 Å². The molecule has 0 saturated carbocycles. The Morgan fingerprint density at radius 2 is 2.23 bits per heavy atom. The summed E-state index contributed by atoms with van der Waals surface area (Å²) in [6.45, 7) is 0. The molecule has 0 aliphatic carbocycles. The zero-order chi connectivity index (χ0) is 16.3. The molecule has 1 amide bonds. The van der Waals surface area contributed by atoms with Crippen LogP contribution in [-0.2, 0) is 0 Å². The van der Waals surface area contributed by atoms with Gasteiger partial charge in [0, 0.05) is 22.8 Å². The number of thioether (sulfide) groups is 1. The third-order valence-corrected chi connectivity index (χ3v) is 4.10. The second-order valence-electron chi connectivity index (χ2n) is 3.94. The first-order valence-electron chi connectivity index (χ1n) is 5.74. The lowest BCUT2D eigenvalue weighted by Gasteiger charge is -2.08. The average Bonchev–Trinajstić information content (AvgIpc) is 2.48. The van der Waals surface area contributed by atoms with E-state index in [0.717, 1.165) is 0 Å². The van der Waals surface area contributed by atoms with E-state index in [1.165, 1.54) is 36.2 Å². The highest BCUT2D eigenvalue weighted by Crippen LogP contribution is 2.28. The molecule has 7 nitrogen and oxygen atoms in total. The molecule has 114 valence electrons. The first-order valence-corrected chi connectivity index (χ1v) is 8.13. The number of non-ortho nitro benzene ring substituents is 1. The highest BCUT2D eigenvalue weighted by molar-refractivity contribution is 9.10. The van der Waals surface area contributed by atoms with Gasteiger partial charge in [0.25, 0.3) is 11.6 Å². The van der Waals surface area contributed by atoms with Gasteiger partial charge in [-0.25, -0.2) is 9.97 Å². The van der Waals surface area contributed by atoms with Crippen LogP contribution in [0, 0.1) is 10.1 Å². The molecule has 0 aliphatic rings. The Hall–Kier alpha value is -1.71. The number of nitro benzene ring substituents is 1. The number of benzene rings is 1. The zero-order valence-electron chi connectivity index (χ0n) is 11.0. The quantitative estimate of drug-likeness (QED) is 0.274. The first kappa shape index (κ1) is 16.7. The minimum atomic E-state index is -0.557. The van der Waals surface area contributed by atoms with Gasteiger partial charge < -0.3 is 5.32 Å². The van der Waals surface area contributed by atoms with E-state index in [-0.39, 0.29) is 22.1 Å². The fraction of sp³-hybridized carbons (Fsp3) is 0.0833. The van der Waals surface area contributed by atoms with Crippen molar-refractivity contribution in [2.45, 2.75) is 5.16 Å². The molecule has 0 saturated heterocycles. The van der Waals surface area contributed by atoms with Crippen molar-refractivity contribution >= 4 is 56.6 Å². The Bertz CT molecular complexity index is 759. The van der Waals surface area contributed by atoms with Crippen LogP contribution in [0.15, 0.2) is 34.0 Å². The lowest BCUT2D eigenvalue weighted by atomic mass is 10.2. The Morgan fingerprint density at radius 1 is 1.50 bits per heavy atom. The van der Waals surface area contributed by atoms with Crippen molar-refractivity contribution in [2.24, 2.45) is 0 Å². The molecule has 1 heterocycles. The number of anilines is 1. The summed E-state index contributed by atoms with van der Waals surface area (Å²) in [5.74, 6) is -0.557. The van der Waals surface area contributed by atoms with Crippen molar-refractivity contribution < 1.29 is 9.72 Å². The predicted molar refractivity (Wildman–Crippen MR) is 87.6 cm³/mol. The molecule has 0 unspecified atom stereocenters. The van der Waals surface area contributed by atoms with Crippen LogP contribution in [0.25, 0.3) is 0 Å². The van der Waals surface area contributed by atoms with E-state index in [1.54, 1.807) is 6.26 Å². The number of nitrogens with one attached hydrogen (secondary N) is 1. The first-order chi connectivity index (χ1) is 10.4. The SMILES string of the molecule is CSc1ncc(C(=O)Nc2cc([N+](=O)[O-])ccc2Br)c(Cl)n1. The highest BCUT2D eigenvalue weighted by atomic mass is 79.9. The summed E-state index contributed by atoms with van der Waals surface area (Å²) < 4.78 is 0.504. The molecule has 0 bridgehead atoms. The second-order valence-corrected chi connectivity index (χ2v) is 5.92. The summed E-state index contributed by atoms with van der Waals surface area (Å²) in [5, 5.41) is 13.8. The minimum absolute atomic E-state index is 0.0124. The average molecular weight is 404 g/mol. The highest BCUT2D eigenvalue weighted by Gasteiger charge is 2.16. The fourth-order valence-electron chi connectivity index (χ4n) is 1.51. The van der Waals surface area contributed by atoms with Crippen LogP contribution in [0.5, 0.6) is 0 Å². The Balaban J connectivity index is 2.29. The minimum Gasteiger partial charge on any atom is -0.321 e. The van der Waals surface area contributed by atoms with Crippen LogP contribution in [0.4, 0.5) is 11.4 Å². The van der Waals surface area contributed by atoms with Crippen LogP contribution in [0.1, 0.15) is 10.4 Å². The molecular weight excluding hydrogens is 396 g/mol. The summed E-state index contributed by atoms with van der Waals surface area (Å²) in [7, 11) is 0. The predicted octanol–water partition coefficient (Wildman–Crippen LogP) is 3.77. The summed E-state index contributed by atoms with van der Waals surface area (Å²) in [4.78, 5) is 30.4. The van der Waals surface area contributed by atoms with Crippen molar-refractivity contribution in [1.29, 1.82) is 0 Å². The number of hydrogen-bond acceptors (Lipinski definition) is 6. The van der Waals surface area contributed by atoms with Gasteiger partial charge in [-0.15, -0.1) is 0 Å². The van der Waals surface area contributed by atoms with E-state index in [9.17, 15) is 14.9 Å². The van der Waals surface area contributed by atoms with Crippen molar-refractivity contribution in [2.75, 3.05) is 11.6 Å². The van der Waals surface area contributed by atoms with Crippen LogP contribution < -0.4 is 5.32 Å². The molecular formula is C12H8BrClN4O3S. The molecule has 0 radical (unpaired) electrons. The van der Waals surface area contributed by atoms with Crippen LogP contribution in [0.2, 0.25) is 5.15 Å². The van der Waals surface area contributed by atoms with E-state index in [0.29, 0.717) is 9.63 Å². The molecule has 2 aromatic rings. The zero-order valence-corrected chi connectivity index (χ0v) is 14.2. The van der Waals surface area contributed by atoms with E-state index in [2.05, 4.69) is 31.2 Å². The number of rotatable bonds is 4. The Kier molecular flexibility index (Phi) is 5.33. The van der Waals surface area contributed by atoms with Crippen LogP contribution >= 0.6 is 39.3 Å². The smallest absolute Gasteiger partial charge is 0.271 e. The van der Waals surface area contributed by atoms with Gasteiger partial charge in [-0.2, -0.15) is 0 Å². The number of nitro groups is 1. The topological polar surface area (TPSA) is 98.0 Å². The number of nitrogens with zero attached hydrogens (tertiary/aromatic N) is 3. The summed E-state index contributed by atoms with van der Waals surface area (Å²) >= 11 is 10.5. The van der Waals surface area contributed by atoms with Gasteiger partial charge >= 0.3 is 0 Å². The van der Waals surface area contributed by atoms with Gasteiger partial charge in [0.2, 0.25) is 0 Å². The number of carbonyl (C=O) groups excluding carboxylic acids is 1. The molecule has 0 aliphatic heterocycles. The van der Waals surface area contributed by atoms with Crippen molar-refractivity contribution in [3.8, 4) is 0 Å². The number of hydrogen-bond donors (Lipinski definition) is 1. The molecule has 22 heavy (non-hydrogen) atoms. The second kappa shape index (κ2) is 7.03.